The number of aromatic nitrogens is 4. The van der Waals surface area contributed by atoms with Gasteiger partial charge in [0.25, 0.3) is 11.4 Å². The second-order valence-corrected chi connectivity index (χ2v) is 11.5. The van der Waals surface area contributed by atoms with Gasteiger partial charge < -0.3 is 20.4 Å². The maximum absolute atomic E-state index is 10.7. The predicted molar refractivity (Wildman–Crippen MR) is 193 cm³/mol. The topological polar surface area (TPSA) is 228 Å². The molecule has 0 aliphatic carbocycles. The van der Waals surface area contributed by atoms with Gasteiger partial charge in [-0.3, -0.25) is 30.2 Å². The monoisotopic (exact) mass is 763 g/mol. The first-order valence-corrected chi connectivity index (χ1v) is 15.5. The van der Waals surface area contributed by atoms with Crippen molar-refractivity contribution in [3.63, 3.8) is 0 Å². The molecule has 0 saturated heterocycles. The van der Waals surface area contributed by atoms with Crippen LogP contribution in [0.25, 0.3) is 11.4 Å². The van der Waals surface area contributed by atoms with E-state index in [2.05, 4.69) is 20.2 Å². The Kier molecular flexibility index (Phi) is 12.1. The Morgan fingerprint density at radius 2 is 0.925 bits per heavy atom. The van der Waals surface area contributed by atoms with Gasteiger partial charge in [-0.15, -0.1) is 0 Å². The third kappa shape index (κ3) is 8.91. The molecule has 0 unspecified atom stereocenters. The minimum Gasteiger partial charge on any atom is -0.506 e. The van der Waals surface area contributed by atoms with Gasteiger partial charge in [0.05, 0.1) is 43.7 Å². The molecular weight excluding hydrogens is 731 g/mol. The number of phenols is 2. The maximum Gasteiger partial charge on any atom is 0.269 e. The molecule has 2 aromatic heterocycles. The Balaban J connectivity index is 0.000000232. The van der Waals surface area contributed by atoms with E-state index in [9.17, 15) is 40.7 Å². The van der Waals surface area contributed by atoms with E-state index in [1.165, 1.54) is 70.3 Å². The van der Waals surface area contributed by atoms with Crippen LogP contribution in [0.3, 0.4) is 0 Å². The Hall–Kier alpha value is -6.85. The molecule has 0 spiro atoms. The van der Waals surface area contributed by atoms with Crippen LogP contribution in [-0.2, 0) is 16.8 Å². The van der Waals surface area contributed by atoms with Crippen molar-refractivity contribution in [2.45, 2.75) is 27.7 Å². The number of hydrogen-bond donors (Lipinski definition) is 4. The van der Waals surface area contributed by atoms with Crippen LogP contribution in [0, 0.1) is 47.9 Å². The summed E-state index contributed by atoms with van der Waals surface area (Å²) in [5.41, 5.74) is 5.35. The molecule has 0 aliphatic heterocycles. The maximum atomic E-state index is 10.7. The van der Waals surface area contributed by atoms with Crippen molar-refractivity contribution in [3.05, 3.63) is 139 Å². The van der Waals surface area contributed by atoms with E-state index in [0.717, 1.165) is 11.1 Å². The van der Waals surface area contributed by atoms with Crippen molar-refractivity contribution in [3.8, 4) is 34.6 Å². The quantitative estimate of drug-likeness (QED) is 0.0697. The molecule has 6 aromatic rings. The first-order valence-electron chi connectivity index (χ1n) is 15.5. The average Bonchev–Trinajstić information content (AvgIpc) is 3.57. The van der Waals surface area contributed by atoms with E-state index in [-0.39, 0.29) is 51.4 Å². The number of hydrogen-bond acceptors (Lipinski definition) is 12. The van der Waals surface area contributed by atoms with Crippen molar-refractivity contribution in [2.75, 3.05) is 0 Å². The second kappa shape index (κ2) is 16.4. The minimum atomic E-state index is -0.496. The molecule has 1 radical (unpaired) electrons. The molecule has 0 amide bonds. The third-order valence-electron chi connectivity index (χ3n) is 7.70. The molecule has 0 bridgehead atoms. The normalized spacial score (nSPS) is 10.9. The van der Waals surface area contributed by atoms with E-state index in [1.54, 1.807) is 50.2 Å². The SMILES string of the molecule is Cc1ccc(O)c(N=Cc2c(C)nn(-c3ccc([N+](=O)[O-])cc3)c2O)c1.Cc1ccc(O)c(N=Cc2c(C)nn(-c3ccc([N+](=O)[O-])cc3)c2O)c1.[Co]. The van der Waals surface area contributed by atoms with Crippen molar-refractivity contribution >= 4 is 35.2 Å². The van der Waals surface area contributed by atoms with Gasteiger partial charge in [0.1, 0.15) is 22.9 Å². The molecule has 4 aromatic carbocycles. The van der Waals surface area contributed by atoms with Crippen molar-refractivity contribution in [1.82, 2.24) is 19.6 Å². The number of rotatable bonds is 8. The predicted octanol–water partition coefficient (Wildman–Crippen LogP) is 7.12. The standard InChI is InChI=1S/2C18H16N4O4.Co/c2*1-11-3-8-17(23)16(9-11)19-10-15-12(2)20-21(18(15)24)13-4-6-14(7-5-13)22(25)26;/h2*3-10,23-24H,1-2H3;. The molecule has 53 heavy (non-hydrogen) atoms. The molecule has 17 heteroatoms. The number of nitro groups is 2. The van der Waals surface area contributed by atoms with Gasteiger partial charge >= 0.3 is 0 Å². The second-order valence-electron chi connectivity index (χ2n) is 11.5. The number of non-ortho nitro benzene ring substituents is 2. The molecule has 16 nitrogen and oxygen atoms in total. The Morgan fingerprint density at radius 3 is 1.25 bits per heavy atom. The molecule has 0 saturated carbocycles. The van der Waals surface area contributed by atoms with Gasteiger partial charge in [0.15, 0.2) is 0 Å². The van der Waals surface area contributed by atoms with E-state index in [1.807, 2.05) is 13.8 Å². The number of aryl methyl sites for hydroxylation is 4. The van der Waals surface area contributed by atoms with E-state index >= 15 is 0 Å². The summed E-state index contributed by atoms with van der Waals surface area (Å²) < 4.78 is 2.55. The van der Waals surface area contributed by atoms with Crippen molar-refractivity contribution < 1.29 is 47.1 Å². The van der Waals surface area contributed by atoms with Crippen molar-refractivity contribution in [1.29, 1.82) is 0 Å². The van der Waals surface area contributed by atoms with Crippen LogP contribution in [0.2, 0.25) is 0 Å². The molecule has 6 rings (SSSR count). The smallest absolute Gasteiger partial charge is 0.269 e. The zero-order chi connectivity index (χ0) is 37.7. The first kappa shape index (κ1) is 38.9. The molecule has 2 heterocycles. The van der Waals surface area contributed by atoms with Gasteiger partial charge in [0.2, 0.25) is 11.8 Å². The first-order chi connectivity index (χ1) is 24.7. The molecule has 0 aliphatic rings. The van der Waals surface area contributed by atoms with Crippen LogP contribution < -0.4 is 0 Å². The largest absolute Gasteiger partial charge is 0.506 e. The number of aromatic hydroxyl groups is 4. The number of aliphatic imine (C=N–C) groups is 2. The average molecular weight is 764 g/mol. The molecule has 273 valence electrons. The molecular formula is C36H32CoN8O8. The van der Waals surface area contributed by atoms with E-state index < -0.39 is 9.85 Å². The summed E-state index contributed by atoms with van der Waals surface area (Å²) in [6.07, 6.45) is 2.85. The zero-order valence-corrected chi connectivity index (χ0v) is 29.6. The Bertz CT molecular complexity index is 2190. The van der Waals surface area contributed by atoms with E-state index in [4.69, 9.17) is 0 Å². The summed E-state index contributed by atoms with van der Waals surface area (Å²) >= 11 is 0. The molecule has 0 fully saturated rings. The molecule has 0 atom stereocenters. The summed E-state index contributed by atoms with van der Waals surface area (Å²) in [6.45, 7) is 7.18. The number of phenolic OH excluding ortho intramolecular Hbond substituents is 2. The van der Waals surface area contributed by atoms with Gasteiger partial charge in [-0.05, 0) is 87.4 Å². The number of benzene rings is 4. The van der Waals surface area contributed by atoms with Crippen LogP contribution in [0.4, 0.5) is 22.7 Å². The Labute approximate surface area is 312 Å². The van der Waals surface area contributed by atoms with Gasteiger partial charge in [-0.1, -0.05) is 12.1 Å². The van der Waals surface area contributed by atoms with E-state index in [0.29, 0.717) is 45.3 Å². The zero-order valence-electron chi connectivity index (χ0n) is 28.6. The van der Waals surface area contributed by atoms with Crippen LogP contribution in [0.5, 0.6) is 23.3 Å². The number of nitrogens with zero attached hydrogens (tertiary/aromatic N) is 8. The van der Waals surface area contributed by atoms with Crippen LogP contribution >= 0.6 is 0 Å². The summed E-state index contributed by atoms with van der Waals surface area (Å²) in [4.78, 5) is 28.9. The summed E-state index contributed by atoms with van der Waals surface area (Å²) in [6, 6.07) is 21.4. The van der Waals surface area contributed by atoms with Gasteiger partial charge in [-0.25, -0.2) is 9.36 Å². The fraction of sp³-hybridized carbons (Fsp3) is 0.111. The summed E-state index contributed by atoms with van der Waals surface area (Å²) in [5.74, 6) is -0.224. The van der Waals surface area contributed by atoms with Gasteiger partial charge in [-0.2, -0.15) is 10.2 Å². The van der Waals surface area contributed by atoms with Gasteiger partial charge in [0, 0.05) is 53.5 Å². The van der Waals surface area contributed by atoms with Crippen molar-refractivity contribution in [2.24, 2.45) is 9.98 Å². The minimum absolute atomic E-state index is 0. The van der Waals surface area contributed by atoms with Crippen LogP contribution in [-0.4, -0.2) is 62.3 Å². The fourth-order valence-corrected chi connectivity index (χ4v) is 4.89. The van der Waals surface area contributed by atoms with Crippen LogP contribution in [0.15, 0.2) is 94.9 Å². The third-order valence-corrected chi connectivity index (χ3v) is 7.70. The number of nitro benzene ring substituents is 2. The Morgan fingerprint density at radius 1 is 0.585 bits per heavy atom. The van der Waals surface area contributed by atoms with Crippen LogP contribution in [0.1, 0.15) is 33.6 Å². The summed E-state index contributed by atoms with van der Waals surface area (Å²) in [7, 11) is 0. The molecule has 4 N–H and O–H groups in total. The fourth-order valence-electron chi connectivity index (χ4n) is 4.89. The summed E-state index contributed by atoms with van der Waals surface area (Å²) in [5, 5.41) is 70.6.